The van der Waals surface area contributed by atoms with Crippen LogP contribution in [0.1, 0.15) is 38.7 Å². The molecule has 0 aromatic carbocycles. The lowest BCUT2D eigenvalue weighted by atomic mass is 9.71. The van der Waals surface area contributed by atoms with Crippen LogP contribution in [0.5, 0.6) is 0 Å². The van der Waals surface area contributed by atoms with E-state index in [0.717, 1.165) is 51.0 Å². The Balaban J connectivity index is 1.14. The van der Waals surface area contributed by atoms with Gasteiger partial charge in [-0.15, -0.1) is 5.10 Å². The van der Waals surface area contributed by atoms with E-state index in [0.29, 0.717) is 23.9 Å². The number of hydrogen-bond donors (Lipinski definition) is 0. The van der Waals surface area contributed by atoms with Crippen molar-refractivity contribution in [3.63, 3.8) is 0 Å². The average Bonchev–Trinajstić information content (AvgIpc) is 3.56. The lowest BCUT2D eigenvalue weighted by Crippen LogP contribution is -2.44. The first-order valence-electron chi connectivity index (χ1n) is 11.6. The lowest BCUT2D eigenvalue weighted by molar-refractivity contribution is -0.139. The zero-order valence-corrected chi connectivity index (χ0v) is 19.1. The summed E-state index contributed by atoms with van der Waals surface area (Å²) in [6, 6.07) is 3.99. The van der Waals surface area contributed by atoms with Crippen molar-refractivity contribution < 1.29 is 14.3 Å². The molecule has 10 nitrogen and oxygen atoms in total. The van der Waals surface area contributed by atoms with Gasteiger partial charge in [0, 0.05) is 19.3 Å². The van der Waals surface area contributed by atoms with Crippen molar-refractivity contribution in [1.82, 2.24) is 35.0 Å². The highest BCUT2D eigenvalue weighted by atomic mass is 16.5. The van der Waals surface area contributed by atoms with Gasteiger partial charge in [0.2, 0.25) is 5.91 Å². The normalized spacial score (nSPS) is 24.7. The van der Waals surface area contributed by atoms with E-state index in [-0.39, 0.29) is 23.9 Å². The summed E-state index contributed by atoms with van der Waals surface area (Å²) in [6.07, 6.45) is 7.20. The molecule has 0 spiro atoms. The maximum Gasteiger partial charge on any atom is 0.336 e. The van der Waals surface area contributed by atoms with Gasteiger partial charge in [-0.2, -0.15) is 4.68 Å². The molecule has 2 aromatic rings. The summed E-state index contributed by atoms with van der Waals surface area (Å²) in [5.74, 6) is 0.914. The van der Waals surface area contributed by atoms with Crippen LogP contribution in [0.3, 0.4) is 0 Å². The quantitative estimate of drug-likeness (QED) is 0.607. The third-order valence-corrected chi connectivity index (χ3v) is 7.59. The standard InChI is InChI=1S/C23H29N7O3/c1-16-19(14-33-21(16)31)29-12-8-23(2,22(29)32)18-6-10-28(11-7-18)9-5-17-3-4-20(24-13-17)30-15-25-26-27-30/h3-4,13,15,18H,5-12,14H2,1-2H3. The van der Waals surface area contributed by atoms with Crippen molar-refractivity contribution in [2.45, 2.75) is 39.5 Å². The van der Waals surface area contributed by atoms with Crippen LogP contribution in [0.25, 0.3) is 5.82 Å². The summed E-state index contributed by atoms with van der Waals surface area (Å²) >= 11 is 0. The summed E-state index contributed by atoms with van der Waals surface area (Å²) in [5.41, 5.74) is 2.15. The molecular formula is C23H29N7O3. The second-order valence-corrected chi connectivity index (χ2v) is 9.42. The number of rotatable bonds is 6. The van der Waals surface area contributed by atoms with E-state index in [9.17, 15) is 9.59 Å². The Labute approximate surface area is 192 Å². The second-order valence-electron chi connectivity index (χ2n) is 9.42. The fraction of sp³-hybridized carbons (Fsp3) is 0.565. The van der Waals surface area contributed by atoms with Gasteiger partial charge in [-0.05, 0) is 73.7 Å². The van der Waals surface area contributed by atoms with Crippen LogP contribution in [0, 0.1) is 11.3 Å². The number of hydrogen-bond acceptors (Lipinski definition) is 8. The first kappa shape index (κ1) is 21.7. The zero-order valence-electron chi connectivity index (χ0n) is 19.1. The molecule has 2 fully saturated rings. The molecule has 2 saturated heterocycles. The summed E-state index contributed by atoms with van der Waals surface area (Å²) in [5, 5.41) is 11.1. The number of carbonyl (C=O) groups excluding carboxylic acids is 2. The van der Waals surface area contributed by atoms with E-state index in [2.05, 4.69) is 38.4 Å². The number of likely N-dealkylation sites (tertiary alicyclic amines) is 2. The number of carbonyl (C=O) groups is 2. The van der Waals surface area contributed by atoms with Crippen molar-refractivity contribution in [2.75, 3.05) is 32.8 Å². The van der Waals surface area contributed by atoms with Crippen LogP contribution in [-0.4, -0.2) is 79.7 Å². The van der Waals surface area contributed by atoms with Crippen molar-refractivity contribution in [1.29, 1.82) is 0 Å². The molecule has 1 unspecified atom stereocenters. The van der Waals surface area contributed by atoms with Gasteiger partial charge >= 0.3 is 5.97 Å². The van der Waals surface area contributed by atoms with Gasteiger partial charge in [0.1, 0.15) is 12.9 Å². The highest BCUT2D eigenvalue weighted by molar-refractivity contribution is 5.94. The zero-order chi connectivity index (χ0) is 23.0. The molecule has 3 aliphatic rings. The molecule has 33 heavy (non-hydrogen) atoms. The first-order valence-corrected chi connectivity index (χ1v) is 11.6. The molecule has 1 amide bonds. The number of cyclic esters (lactones) is 1. The third kappa shape index (κ3) is 4.03. The Hall–Kier alpha value is -3.14. The summed E-state index contributed by atoms with van der Waals surface area (Å²) in [6.45, 7) is 7.71. The lowest BCUT2D eigenvalue weighted by Gasteiger charge is -2.39. The monoisotopic (exact) mass is 451 g/mol. The number of ether oxygens (including phenoxy) is 1. The van der Waals surface area contributed by atoms with Crippen LogP contribution >= 0.6 is 0 Å². The van der Waals surface area contributed by atoms with Crippen molar-refractivity contribution >= 4 is 11.9 Å². The predicted octanol–water partition coefficient (Wildman–Crippen LogP) is 1.38. The topological polar surface area (TPSA) is 106 Å². The van der Waals surface area contributed by atoms with E-state index >= 15 is 0 Å². The highest BCUT2D eigenvalue weighted by Gasteiger charge is 2.50. The molecule has 5 rings (SSSR count). The van der Waals surface area contributed by atoms with Gasteiger partial charge in [-0.3, -0.25) is 4.79 Å². The summed E-state index contributed by atoms with van der Waals surface area (Å²) < 4.78 is 6.66. The number of amides is 1. The molecule has 174 valence electrons. The van der Waals surface area contributed by atoms with E-state index in [1.165, 1.54) is 16.6 Å². The van der Waals surface area contributed by atoms with Crippen LogP contribution in [-0.2, 0) is 20.7 Å². The minimum atomic E-state index is -0.360. The largest absolute Gasteiger partial charge is 0.456 e. The van der Waals surface area contributed by atoms with Gasteiger partial charge in [0.05, 0.1) is 16.7 Å². The molecule has 0 radical (unpaired) electrons. The number of aromatic nitrogens is 5. The molecule has 0 aliphatic carbocycles. The summed E-state index contributed by atoms with van der Waals surface area (Å²) in [7, 11) is 0. The fourth-order valence-corrected chi connectivity index (χ4v) is 5.29. The molecule has 5 heterocycles. The maximum atomic E-state index is 13.4. The molecule has 3 aliphatic heterocycles. The van der Waals surface area contributed by atoms with Gasteiger partial charge in [-0.25, -0.2) is 9.78 Å². The highest BCUT2D eigenvalue weighted by Crippen LogP contribution is 2.45. The van der Waals surface area contributed by atoms with Crippen molar-refractivity contribution in [3.8, 4) is 5.82 Å². The Morgan fingerprint density at radius 3 is 2.64 bits per heavy atom. The van der Waals surface area contributed by atoms with Gasteiger partial charge in [-0.1, -0.05) is 13.0 Å². The fourth-order valence-electron chi connectivity index (χ4n) is 5.29. The molecular weight excluding hydrogens is 422 g/mol. The van der Waals surface area contributed by atoms with Crippen LogP contribution in [0.2, 0.25) is 0 Å². The first-order chi connectivity index (χ1) is 16.0. The molecule has 0 N–H and O–H groups in total. The van der Waals surface area contributed by atoms with Gasteiger partial charge < -0.3 is 14.5 Å². The minimum Gasteiger partial charge on any atom is -0.456 e. The van der Waals surface area contributed by atoms with E-state index in [1.807, 2.05) is 12.3 Å². The van der Waals surface area contributed by atoms with E-state index in [1.54, 1.807) is 11.8 Å². The van der Waals surface area contributed by atoms with Crippen molar-refractivity contribution in [3.05, 3.63) is 41.5 Å². The van der Waals surface area contributed by atoms with Gasteiger partial charge in [0.15, 0.2) is 5.82 Å². The van der Waals surface area contributed by atoms with E-state index < -0.39 is 0 Å². The SMILES string of the molecule is CC1=C(N2CCC(C)(C3CCN(CCc4ccc(-n5cnnn5)nc4)CC3)C2=O)COC1=O. The second kappa shape index (κ2) is 8.66. The summed E-state index contributed by atoms with van der Waals surface area (Å²) in [4.78, 5) is 33.8. The maximum absolute atomic E-state index is 13.4. The molecule has 0 bridgehead atoms. The average molecular weight is 452 g/mol. The minimum absolute atomic E-state index is 0.155. The number of pyridine rings is 1. The predicted molar refractivity (Wildman–Crippen MR) is 118 cm³/mol. The van der Waals surface area contributed by atoms with Gasteiger partial charge in [0.25, 0.3) is 0 Å². The number of piperidine rings is 1. The Kier molecular flexibility index (Phi) is 5.69. The number of esters is 1. The Bertz CT molecular complexity index is 1060. The smallest absolute Gasteiger partial charge is 0.336 e. The van der Waals surface area contributed by atoms with E-state index in [4.69, 9.17) is 4.74 Å². The molecule has 2 aromatic heterocycles. The van der Waals surface area contributed by atoms with Crippen LogP contribution in [0.4, 0.5) is 0 Å². The number of nitrogens with zero attached hydrogens (tertiary/aromatic N) is 7. The molecule has 1 atom stereocenters. The molecule has 10 heteroatoms. The van der Waals surface area contributed by atoms with Crippen LogP contribution < -0.4 is 0 Å². The number of tetrazole rings is 1. The van der Waals surface area contributed by atoms with Crippen molar-refractivity contribution in [2.24, 2.45) is 11.3 Å². The molecule has 0 saturated carbocycles. The Morgan fingerprint density at radius 1 is 1.18 bits per heavy atom. The third-order valence-electron chi connectivity index (χ3n) is 7.59. The Morgan fingerprint density at radius 2 is 2.00 bits per heavy atom. The van der Waals surface area contributed by atoms with Crippen LogP contribution in [0.15, 0.2) is 35.9 Å².